The molecule has 0 radical (unpaired) electrons. The van der Waals surface area contributed by atoms with E-state index in [1.807, 2.05) is 31.1 Å². The van der Waals surface area contributed by atoms with Crippen LogP contribution in [-0.4, -0.2) is 72.4 Å². The van der Waals surface area contributed by atoms with Crippen LogP contribution in [0, 0.1) is 11.7 Å². The molecule has 0 N–H and O–H groups in total. The maximum Gasteiger partial charge on any atom is 0.254 e. The van der Waals surface area contributed by atoms with Crippen LogP contribution < -0.4 is 0 Å². The minimum Gasteiger partial charge on any atom is -0.337 e. The maximum absolute atomic E-state index is 14.0. The molecule has 0 aliphatic carbocycles. The molecule has 1 aromatic carbocycles. The Bertz CT molecular complexity index is 783. The normalized spacial score (nSPS) is 17.4. The van der Waals surface area contributed by atoms with Crippen LogP contribution in [0.15, 0.2) is 48.8 Å². The highest BCUT2D eigenvalue weighted by molar-refractivity contribution is 5.94. The number of amides is 1. The average Bonchev–Trinajstić information content (AvgIpc) is 2.73. The molecule has 1 aliphatic rings. The lowest BCUT2D eigenvalue weighted by Gasteiger charge is -2.36. The molecule has 29 heavy (non-hydrogen) atoms. The molecule has 1 fully saturated rings. The van der Waals surface area contributed by atoms with Gasteiger partial charge in [0.25, 0.3) is 5.91 Å². The van der Waals surface area contributed by atoms with E-state index in [1.54, 1.807) is 30.6 Å². The molecular weight excluding hydrogens is 367 g/mol. The molecule has 1 atom stereocenters. The number of halogens is 1. The van der Waals surface area contributed by atoms with Gasteiger partial charge in [-0.25, -0.2) is 4.39 Å². The van der Waals surface area contributed by atoms with E-state index in [2.05, 4.69) is 14.8 Å². The molecule has 0 saturated carbocycles. The van der Waals surface area contributed by atoms with E-state index in [9.17, 15) is 9.18 Å². The Labute approximate surface area is 173 Å². The largest absolute Gasteiger partial charge is 0.337 e. The first-order valence-corrected chi connectivity index (χ1v) is 10.3. The van der Waals surface area contributed by atoms with Crippen molar-refractivity contribution in [2.24, 2.45) is 5.92 Å². The van der Waals surface area contributed by atoms with Crippen molar-refractivity contribution in [3.05, 3.63) is 65.7 Å². The number of benzene rings is 1. The number of hydrogen-bond acceptors (Lipinski definition) is 4. The second kappa shape index (κ2) is 10.5. The average molecular weight is 399 g/mol. The van der Waals surface area contributed by atoms with Gasteiger partial charge in [-0.1, -0.05) is 18.2 Å². The summed E-state index contributed by atoms with van der Waals surface area (Å²) >= 11 is 0. The number of rotatable bonds is 8. The summed E-state index contributed by atoms with van der Waals surface area (Å²) < 4.78 is 14.0. The van der Waals surface area contributed by atoms with Crippen LogP contribution in [0.3, 0.4) is 0 Å². The highest BCUT2D eigenvalue weighted by Gasteiger charge is 2.25. The number of aromatic nitrogens is 1. The SMILES string of the molecule is CN(C)CCN(CC1CCCN(Cc2ccccc2F)C1)C(=O)c1ccncc1. The highest BCUT2D eigenvalue weighted by atomic mass is 19.1. The van der Waals surface area contributed by atoms with Gasteiger partial charge in [0, 0.05) is 56.2 Å². The number of pyridine rings is 1. The monoisotopic (exact) mass is 398 g/mol. The molecule has 1 unspecified atom stereocenters. The van der Waals surface area contributed by atoms with Crippen LogP contribution in [0.2, 0.25) is 0 Å². The van der Waals surface area contributed by atoms with E-state index < -0.39 is 0 Å². The van der Waals surface area contributed by atoms with Crippen molar-refractivity contribution in [3.8, 4) is 0 Å². The summed E-state index contributed by atoms with van der Waals surface area (Å²) in [6.45, 7) is 4.72. The van der Waals surface area contributed by atoms with Gasteiger partial charge in [-0.3, -0.25) is 14.7 Å². The molecule has 2 heterocycles. The fraction of sp³-hybridized carbons (Fsp3) is 0.478. The van der Waals surface area contributed by atoms with Crippen molar-refractivity contribution in [3.63, 3.8) is 0 Å². The van der Waals surface area contributed by atoms with E-state index in [-0.39, 0.29) is 11.7 Å². The highest BCUT2D eigenvalue weighted by Crippen LogP contribution is 2.21. The Balaban J connectivity index is 1.64. The van der Waals surface area contributed by atoms with Crippen LogP contribution in [0.25, 0.3) is 0 Å². The van der Waals surface area contributed by atoms with E-state index in [0.29, 0.717) is 24.6 Å². The van der Waals surface area contributed by atoms with Gasteiger partial charge in [0.2, 0.25) is 0 Å². The number of hydrogen-bond donors (Lipinski definition) is 0. The first kappa shape index (κ1) is 21.4. The molecule has 1 saturated heterocycles. The topological polar surface area (TPSA) is 39.7 Å². The van der Waals surface area contributed by atoms with Gasteiger partial charge < -0.3 is 9.80 Å². The first-order valence-electron chi connectivity index (χ1n) is 10.3. The van der Waals surface area contributed by atoms with Gasteiger partial charge >= 0.3 is 0 Å². The predicted octanol–water partition coefficient (Wildman–Crippen LogP) is 3.14. The number of likely N-dealkylation sites (tertiary alicyclic amines) is 1. The minimum atomic E-state index is -0.143. The Morgan fingerprint density at radius 1 is 1.17 bits per heavy atom. The quantitative estimate of drug-likeness (QED) is 0.685. The summed E-state index contributed by atoms with van der Waals surface area (Å²) in [5, 5.41) is 0. The van der Waals surface area contributed by atoms with E-state index in [0.717, 1.165) is 44.6 Å². The van der Waals surface area contributed by atoms with Crippen molar-refractivity contribution < 1.29 is 9.18 Å². The molecule has 0 bridgehead atoms. The number of carbonyl (C=O) groups is 1. The Morgan fingerprint density at radius 3 is 2.66 bits per heavy atom. The third-order valence-electron chi connectivity index (χ3n) is 5.47. The van der Waals surface area contributed by atoms with E-state index in [1.165, 1.54) is 6.07 Å². The first-order chi connectivity index (χ1) is 14.0. The van der Waals surface area contributed by atoms with Gasteiger partial charge in [0.1, 0.15) is 5.82 Å². The summed E-state index contributed by atoms with van der Waals surface area (Å²) in [6, 6.07) is 10.5. The Morgan fingerprint density at radius 2 is 1.93 bits per heavy atom. The van der Waals surface area contributed by atoms with Crippen molar-refractivity contribution in [1.29, 1.82) is 0 Å². The van der Waals surface area contributed by atoms with Crippen LogP contribution in [0.5, 0.6) is 0 Å². The lowest BCUT2D eigenvalue weighted by atomic mass is 9.96. The number of nitrogens with zero attached hydrogens (tertiary/aromatic N) is 4. The predicted molar refractivity (Wildman–Crippen MR) is 113 cm³/mol. The van der Waals surface area contributed by atoms with Gasteiger partial charge in [-0.05, 0) is 57.6 Å². The minimum absolute atomic E-state index is 0.0560. The van der Waals surface area contributed by atoms with Crippen molar-refractivity contribution in [2.45, 2.75) is 19.4 Å². The van der Waals surface area contributed by atoms with Gasteiger partial charge in [0.05, 0.1) is 0 Å². The molecule has 1 amide bonds. The fourth-order valence-electron chi connectivity index (χ4n) is 3.90. The number of carbonyl (C=O) groups excluding carboxylic acids is 1. The third-order valence-corrected chi connectivity index (χ3v) is 5.47. The van der Waals surface area contributed by atoms with E-state index in [4.69, 9.17) is 0 Å². The maximum atomic E-state index is 14.0. The molecule has 3 rings (SSSR count). The molecule has 2 aromatic rings. The summed E-state index contributed by atoms with van der Waals surface area (Å²) in [7, 11) is 4.04. The summed E-state index contributed by atoms with van der Waals surface area (Å²) in [4.78, 5) is 23.5. The lowest BCUT2D eigenvalue weighted by Crippen LogP contribution is -2.44. The van der Waals surface area contributed by atoms with Crippen molar-refractivity contribution >= 4 is 5.91 Å². The zero-order valence-corrected chi connectivity index (χ0v) is 17.4. The lowest BCUT2D eigenvalue weighted by molar-refractivity contribution is 0.0660. The standard InChI is InChI=1S/C23H31FN4O/c1-26(2)14-15-28(23(29)20-9-11-25-12-10-20)17-19-6-5-13-27(16-19)18-21-7-3-4-8-22(21)24/h3-4,7-12,19H,5-6,13-18H2,1-2H3. The van der Waals surface area contributed by atoms with Crippen molar-refractivity contribution in [1.82, 2.24) is 19.7 Å². The molecular formula is C23H31FN4O. The van der Waals surface area contributed by atoms with Gasteiger partial charge in [0.15, 0.2) is 0 Å². The number of likely N-dealkylation sites (N-methyl/N-ethyl adjacent to an activating group) is 1. The smallest absolute Gasteiger partial charge is 0.254 e. The van der Waals surface area contributed by atoms with Crippen LogP contribution in [0.4, 0.5) is 4.39 Å². The van der Waals surface area contributed by atoms with Crippen LogP contribution >= 0.6 is 0 Å². The molecule has 6 heteroatoms. The molecule has 0 spiro atoms. The summed E-state index contributed by atoms with van der Waals surface area (Å²) in [5.74, 6) is 0.305. The van der Waals surface area contributed by atoms with Crippen LogP contribution in [-0.2, 0) is 6.54 Å². The Kier molecular flexibility index (Phi) is 7.72. The zero-order chi connectivity index (χ0) is 20.6. The second-order valence-corrected chi connectivity index (χ2v) is 8.13. The van der Waals surface area contributed by atoms with Gasteiger partial charge in [-0.2, -0.15) is 0 Å². The second-order valence-electron chi connectivity index (χ2n) is 8.13. The van der Waals surface area contributed by atoms with Crippen LogP contribution in [0.1, 0.15) is 28.8 Å². The fourth-order valence-corrected chi connectivity index (χ4v) is 3.90. The van der Waals surface area contributed by atoms with E-state index >= 15 is 0 Å². The molecule has 5 nitrogen and oxygen atoms in total. The summed E-state index contributed by atoms with van der Waals surface area (Å²) in [5.41, 5.74) is 1.42. The zero-order valence-electron chi connectivity index (χ0n) is 17.4. The number of piperidine rings is 1. The summed E-state index contributed by atoms with van der Waals surface area (Å²) in [6.07, 6.45) is 5.49. The molecule has 1 aliphatic heterocycles. The van der Waals surface area contributed by atoms with Crippen molar-refractivity contribution in [2.75, 3.05) is 46.8 Å². The van der Waals surface area contributed by atoms with Gasteiger partial charge in [-0.15, -0.1) is 0 Å². The third kappa shape index (κ3) is 6.34. The molecule has 1 aromatic heterocycles. The molecule has 156 valence electrons. The Hall–Kier alpha value is -2.31.